The summed E-state index contributed by atoms with van der Waals surface area (Å²) in [7, 11) is 0. The monoisotopic (exact) mass is 284 g/mol. The van der Waals surface area contributed by atoms with E-state index in [2.05, 4.69) is 17.1 Å². The molecule has 1 aliphatic carbocycles. The molecule has 1 saturated heterocycles. The second kappa shape index (κ2) is 6.88. The third-order valence-electron chi connectivity index (χ3n) is 4.62. The molecule has 0 N–H and O–H groups in total. The summed E-state index contributed by atoms with van der Waals surface area (Å²) in [6, 6.07) is 3.87. The maximum absolute atomic E-state index is 12.2. The Labute approximate surface area is 127 Å². The zero-order valence-electron chi connectivity index (χ0n) is 12.6. The lowest BCUT2D eigenvalue weighted by Crippen LogP contribution is -2.27. The molecule has 21 heavy (non-hydrogen) atoms. The van der Waals surface area contributed by atoms with E-state index in [0.717, 1.165) is 31.6 Å². The Morgan fingerprint density at radius 1 is 1.10 bits per heavy atom. The van der Waals surface area contributed by atoms with E-state index in [9.17, 15) is 4.79 Å². The molecule has 1 aliphatic heterocycles. The van der Waals surface area contributed by atoms with Crippen LogP contribution in [-0.2, 0) is 0 Å². The molecule has 2 fully saturated rings. The second-order valence-electron chi connectivity index (χ2n) is 6.23. The highest BCUT2D eigenvalue weighted by Gasteiger charge is 2.19. The van der Waals surface area contributed by atoms with Crippen molar-refractivity contribution in [1.29, 1.82) is 0 Å². The van der Waals surface area contributed by atoms with E-state index >= 15 is 0 Å². The van der Waals surface area contributed by atoms with Gasteiger partial charge in [0.25, 0.3) is 5.91 Å². The van der Waals surface area contributed by atoms with Gasteiger partial charge >= 0.3 is 0 Å². The summed E-state index contributed by atoms with van der Waals surface area (Å²) in [5, 5.41) is 0. The van der Waals surface area contributed by atoms with Crippen LogP contribution in [0.25, 0.3) is 6.08 Å². The van der Waals surface area contributed by atoms with Crippen LogP contribution in [0.4, 0.5) is 0 Å². The number of allylic oxidation sites excluding steroid dienone is 1. The number of amides is 1. The first-order chi connectivity index (χ1) is 10.3. The minimum Gasteiger partial charge on any atom is -0.339 e. The SMILES string of the molecule is O=C(c1ccc(C=CC2CCCCC2)nc1)N1CCCC1. The fourth-order valence-corrected chi connectivity index (χ4v) is 3.29. The van der Waals surface area contributed by atoms with Gasteiger partial charge in [0.1, 0.15) is 0 Å². The predicted octanol–water partition coefficient (Wildman–Crippen LogP) is 3.91. The van der Waals surface area contributed by atoms with Crippen molar-refractivity contribution in [3.63, 3.8) is 0 Å². The Morgan fingerprint density at radius 3 is 2.52 bits per heavy atom. The highest BCUT2D eigenvalue weighted by atomic mass is 16.2. The minimum atomic E-state index is 0.128. The standard InChI is InChI=1S/C18H24N2O/c21-18(20-12-4-5-13-20)16-9-11-17(19-14-16)10-8-15-6-2-1-3-7-15/h8-11,14-15H,1-7,12-13H2. The molecule has 2 aliphatic rings. The molecule has 0 radical (unpaired) electrons. The molecule has 1 amide bonds. The predicted molar refractivity (Wildman–Crippen MR) is 85.0 cm³/mol. The van der Waals surface area contributed by atoms with E-state index in [-0.39, 0.29) is 5.91 Å². The Balaban J connectivity index is 1.60. The zero-order chi connectivity index (χ0) is 14.5. The van der Waals surface area contributed by atoms with Gasteiger partial charge in [-0.1, -0.05) is 25.3 Å². The first-order valence-electron chi connectivity index (χ1n) is 8.26. The third kappa shape index (κ3) is 3.72. The number of hydrogen-bond acceptors (Lipinski definition) is 2. The van der Waals surface area contributed by atoms with Crippen molar-refractivity contribution in [2.24, 2.45) is 5.92 Å². The lowest BCUT2D eigenvalue weighted by Gasteiger charge is -2.17. The topological polar surface area (TPSA) is 33.2 Å². The van der Waals surface area contributed by atoms with Crippen molar-refractivity contribution in [1.82, 2.24) is 9.88 Å². The normalized spacial score (nSPS) is 20.3. The van der Waals surface area contributed by atoms with Crippen LogP contribution >= 0.6 is 0 Å². The Kier molecular flexibility index (Phi) is 4.69. The molecule has 2 heterocycles. The number of pyridine rings is 1. The van der Waals surface area contributed by atoms with Crippen molar-refractivity contribution in [3.05, 3.63) is 35.7 Å². The number of rotatable bonds is 3. The highest BCUT2D eigenvalue weighted by Crippen LogP contribution is 2.25. The summed E-state index contributed by atoms with van der Waals surface area (Å²) in [6.07, 6.45) is 15.1. The summed E-state index contributed by atoms with van der Waals surface area (Å²) in [5.41, 5.74) is 1.67. The van der Waals surface area contributed by atoms with Crippen LogP contribution in [0.5, 0.6) is 0 Å². The summed E-state index contributed by atoms with van der Waals surface area (Å²) < 4.78 is 0. The van der Waals surface area contributed by atoms with Crippen LogP contribution in [-0.4, -0.2) is 28.9 Å². The molecule has 0 unspecified atom stereocenters. The van der Waals surface area contributed by atoms with Crippen LogP contribution in [0, 0.1) is 5.92 Å². The average Bonchev–Trinajstić information content (AvgIpc) is 3.08. The molecule has 1 aromatic rings. The maximum atomic E-state index is 12.2. The zero-order valence-corrected chi connectivity index (χ0v) is 12.6. The largest absolute Gasteiger partial charge is 0.339 e. The van der Waals surface area contributed by atoms with E-state index in [4.69, 9.17) is 0 Å². The molecular formula is C18H24N2O. The van der Waals surface area contributed by atoms with Crippen molar-refractivity contribution in [2.45, 2.75) is 44.9 Å². The fourth-order valence-electron chi connectivity index (χ4n) is 3.29. The van der Waals surface area contributed by atoms with Gasteiger partial charge in [-0.25, -0.2) is 0 Å². The van der Waals surface area contributed by atoms with Crippen LogP contribution in [0.2, 0.25) is 0 Å². The average molecular weight is 284 g/mol. The third-order valence-corrected chi connectivity index (χ3v) is 4.62. The van der Waals surface area contributed by atoms with Crippen LogP contribution in [0.15, 0.2) is 24.4 Å². The van der Waals surface area contributed by atoms with Gasteiger partial charge in [0.15, 0.2) is 0 Å². The highest BCUT2D eigenvalue weighted by molar-refractivity contribution is 5.94. The van der Waals surface area contributed by atoms with Gasteiger partial charge in [0, 0.05) is 19.3 Å². The smallest absolute Gasteiger partial charge is 0.255 e. The van der Waals surface area contributed by atoms with Gasteiger partial charge < -0.3 is 4.90 Å². The van der Waals surface area contributed by atoms with Crippen molar-refractivity contribution >= 4 is 12.0 Å². The molecule has 3 rings (SSSR count). The van der Waals surface area contributed by atoms with Gasteiger partial charge in [-0.15, -0.1) is 0 Å². The molecule has 0 spiro atoms. The Hall–Kier alpha value is -1.64. The van der Waals surface area contributed by atoms with Crippen molar-refractivity contribution in [2.75, 3.05) is 13.1 Å². The molecule has 1 aromatic heterocycles. The number of carbonyl (C=O) groups is 1. The summed E-state index contributed by atoms with van der Waals surface area (Å²) in [4.78, 5) is 18.6. The molecule has 1 saturated carbocycles. The van der Waals surface area contributed by atoms with Gasteiger partial charge in [0.2, 0.25) is 0 Å². The lowest BCUT2D eigenvalue weighted by molar-refractivity contribution is 0.0792. The Bertz CT molecular complexity index is 494. The number of carbonyl (C=O) groups excluding carboxylic acids is 1. The van der Waals surface area contributed by atoms with E-state index in [1.807, 2.05) is 17.0 Å². The van der Waals surface area contributed by atoms with E-state index in [0.29, 0.717) is 11.5 Å². The summed E-state index contributed by atoms with van der Waals surface area (Å²) >= 11 is 0. The lowest BCUT2D eigenvalue weighted by atomic mass is 9.89. The first kappa shape index (κ1) is 14.3. The Morgan fingerprint density at radius 2 is 1.86 bits per heavy atom. The van der Waals surface area contributed by atoms with Crippen LogP contribution in [0.3, 0.4) is 0 Å². The molecule has 3 heteroatoms. The summed E-state index contributed by atoms with van der Waals surface area (Å²) in [6.45, 7) is 1.78. The number of aromatic nitrogens is 1. The quantitative estimate of drug-likeness (QED) is 0.843. The van der Waals surface area contributed by atoms with E-state index in [1.54, 1.807) is 6.20 Å². The summed E-state index contributed by atoms with van der Waals surface area (Å²) in [5.74, 6) is 0.842. The number of nitrogens with zero attached hydrogens (tertiary/aromatic N) is 2. The van der Waals surface area contributed by atoms with Crippen molar-refractivity contribution < 1.29 is 4.79 Å². The molecule has 0 aromatic carbocycles. The van der Waals surface area contributed by atoms with Crippen molar-refractivity contribution in [3.8, 4) is 0 Å². The minimum absolute atomic E-state index is 0.128. The van der Waals surface area contributed by atoms with Crippen LogP contribution in [0.1, 0.15) is 61.0 Å². The number of hydrogen-bond donors (Lipinski definition) is 0. The van der Waals surface area contributed by atoms with Gasteiger partial charge in [-0.05, 0) is 49.8 Å². The molecule has 0 bridgehead atoms. The maximum Gasteiger partial charge on any atom is 0.255 e. The molecule has 0 atom stereocenters. The van der Waals surface area contributed by atoms with E-state index < -0.39 is 0 Å². The van der Waals surface area contributed by atoms with Gasteiger partial charge in [0.05, 0.1) is 11.3 Å². The molecular weight excluding hydrogens is 260 g/mol. The van der Waals surface area contributed by atoms with Gasteiger partial charge in [-0.3, -0.25) is 9.78 Å². The molecule has 3 nitrogen and oxygen atoms in total. The second-order valence-corrected chi connectivity index (χ2v) is 6.23. The van der Waals surface area contributed by atoms with Gasteiger partial charge in [-0.2, -0.15) is 0 Å². The fraction of sp³-hybridized carbons (Fsp3) is 0.556. The van der Waals surface area contributed by atoms with E-state index in [1.165, 1.54) is 32.1 Å². The first-order valence-corrected chi connectivity index (χ1v) is 8.26. The molecule has 112 valence electrons. The van der Waals surface area contributed by atoms with Crippen LogP contribution < -0.4 is 0 Å². The number of likely N-dealkylation sites (tertiary alicyclic amines) is 1.